The maximum Gasteiger partial charge on any atom is 0.305 e. The van der Waals surface area contributed by atoms with E-state index in [1.165, 1.54) is 6.92 Å². The molecule has 0 aliphatic heterocycles. The Hall–Kier alpha value is -0.680. The summed E-state index contributed by atoms with van der Waals surface area (Å²) in [5.74, 6) is 0.132. The predicted molar refractivity (Wildman–Crippen MR) is 73.6 cm³/mol. The Morgan fingerprint density at radius 3 is 2.26 bits per heavy atom. The molecule has 0 saturated heterocycles. The van der Waals surface area contributed by atoms with Crippen molar-refractivity contribution in [1.29, 1.82) is 0 Å². The van der Waals surface area contributed by atoms with E-state index in [9.17, 15) is 4.79 Å². The summed E-state index contributed by atoms with van der Waals surface area (Å²) in [6, 6.07) is 7.13. The molecular formula is C12H13Cl3O4. The lowest BCUT2D eigenvalue weighted by molar-refractivity contribution is -0.177. The first-order chi connectivity index (χ1) is 8.82. The lowest BCUT2D eigenvalue weighted by atomic mass is 10.2. The second kappa shape index (κ2) is 7.20. The van der Waals surface area contributed by atoms with E-state index in [1.54, 1.807) is 31.4 Å². The van der Waals surface area contributed by atoms with Gasteiger partial charge in [0.05, 0.1) is 13.7 Å². The van der Waals surface area contributed by atoms with Crippen LogP contribution in [0, 0.1) is 0 Å². The fourth-order valence-electron chi connectivity index (χ4n) is 1.24. The quantitative estimate of drug-likeness (QED) is 0.472. The lowest BCUT2D eigenvalue weighted by Gasteiger charge is -2.23. The third-order valence-corrected chi connectivity index (χ3v) is 2.64. The maximum absolute atomic E-state index is 10.9. The molecule has 1 rings (SSSR count). The summed E-state index contributed by atoms with van der Waals surface area (Å²) in [4.78, 5) is 10.9. The standard InChI is InChI=1S/C12H13Cl3O4/c1-8(16)19-11(12(13,14)15)18-7-9-3-5-10(17-2)6-4-9/h3-6,11H,7H2,1-2H3. The average molecular weight is 328 g/mol. The van der Waals surface area contributed by atoms with Crippen LogP contribution in [0.4, 0.5) is 0 Å². The molecule has 0 N–H and O–H groups in total. The van der Waals surface area contributed by atoms with Crippen LogP contribution in [0.1, 0.15) is 12.5 Å². The van der Waals surface area contributed by atoms with Crippen LogP contribution in [0.3, 0.4) is 0 Å². The van der Waals surface area contributed by atoms with Gasteiger partial charge < -0.3 is 14.2 Å². The highest BCUT2D eigenvalue weighted by Crippen LogP contribution is 2.33. The molecule has 0 bridgehead atoms. The highest BCUT2D eigenvalue weighted by Gasteiger charge is 2.36. The van der Waals surface area contributed by atoms with E-state index < -0.39 is 16.1 Å². The number of ether oxygens (including phenoxy) is 3. The van der Waals surface area contributed by atoms with E-state index in [-0.39, 0.29) is 6.61 Å². The van der Waals surface area contributed by atoms with Crippen molar-refractivity contribution in [3.05, 3.63) is 29.8 Å². The highest BCUT2D eigenvalue weighted by atomic mass is 35.6. The SMILES string of the molecule is COc1ccc(COC(OC(C)=O)C(Cl)(Cl)Cl)cc1. The number of esters is 1. The van der Waals surface area contributed by atoms with Gasteiger partial charge in [0.1, 0.15) is 5.75 Å². The largest absolute Gasteiger partial charge is 0.497 e. The molecule has 0 saturated carbocycles. The molecular weight excluding hydrogens is 314 g/mol. The van der Waals surface area contributed by atoms with Gasteiger partial charge in [0.25, 0.3) is 10.1 Å². The lowest BCUT2D eigenvalue weighted by Crippen LogP contribution is -2.33. The van der Waals surface area contributed by atoms with E-state index in [0.29, 0.717) is 0 Å². The Labute approximate surface area is 126 Å². The fourth-order valence-corrected chi connectivity index (χ4v) is 1.56. The van der Waals surface area contributed by atoms with Crippen LogP contribution >= 0.6 is 34.8 Å². The molecule has 1 atom stereocenters. The number of halogens is 3. The predicted octanol–water partition coefficient (Wildman–Crippen LogP) is 3.47. The van der Waals surface area contributed by atoms with Crippen molar-refractivity contribution in [2.45, 2.75) is 23.6 Å². The summed E-state index contributed by atoms with van der Waals surface area (Å²) in [5.41, 5.74) is 0.826. The summed E-state index contributed by atoms with van der Waals surface area (Å²) in [7, 11) is 1.57. The Bertz CT molecular complexity index is 414. The van der Waals surface area contributed by atoms with Crippen LogP contribution in [0.25, 0.3) is 0 Å². The van der Waals surface area contributed by atoms with Gasteiger partial charge in [0, 0.05) is 6.92 Å². The molecule has 0 radical (unpaired) electrons. The van der Waals surface area contributed by atoms with Crippen molar-refractivity contribution in [2.24, 2.45) is 0 Å². The monoisotopic (exact) mass is 326 g/mol. The molecule has 0 aromatic heterocycles. The summed E-state index contributed by atoms with van der Waals surface area (Å²) in [6.07, 6.45) is -1.27. The van der Waals surface area contributed by atoms with E-state index in [0.717, 1.165) is 11.3 Å². The van der Waals surface area contributed by atoms with Gasteiger partial charge in [0.15, 0.2) is 0 Å². The smallest absolute Gasteiger partial charge is 0.305 e. The molecule has 0 fully saturated rings. The van der Waals surface area contributed by atoms with E-state index in [1.807, 2.05) is 0 Å². The van der Waals surface area contributed by atoms with Crippen LogP contribution in [-0.2, 0) is 20.9 Å². The number of rotatable bonds is 5. The number of methoxy groups -OCH3 is 1. The van der Waals surface area contributed by atoms with E-state index >= 15 is 0 Å². The van der Waals surface area contributed by atoms with E-state index in [2.05, 4.69) is 0 Å². The molecule has 0 amide bonds. The molecule has 106 valence electrons. The van der Waals surface area contributed by atoms with Crippen LogP contribution in [0.15, 0.2) is 24.3 Å². The zero-order valence-electron chi connectivity index (χ0n) is 10.4. The second-order valence-electron chi connectivity index (χ2n) is 3.64. The van der Waals surface area contributed by atoms with Gasteiger partial charge in [-0.3, -0.25) is 4.79 Å². The molecule has 19 heavy (non-hydrogen) atoms. The Morgan fingerprint density at radius 2 is 1.84 bits per heavy atom. The van der Waals surface area contributed by atoms with Gasteiger partial charge in [-0.05, 0) is 17.7 Å². The molecule has 1 unspecified atom stereocenters. The number of hydrogen-bond acceptors (Lipinski definition) is 4. The molecule has 0 spiro atoms. The van der Waals surface area contributed by atoms with Gasteiger partial charge in [-0.1, -0.05) is 46.9 Å². The Morgan fingerprint density at radius 1 is 1.26 bits per heavy atom. The van der Waals surface area contributed by atoms with Crippen molar-refractivity contribution < 1.29 is 19.0 Å². The minimum atomic E-state index is -1.85. The van der Waals surface area contributed by atoms with Crippen LogP contribution in [0.2, 0.25) is 0 Å². The summed E-state index contributed by atoms with van der Waals surface area (Å²) in [6.45, 7) is 1.34. The third kappa shape index (κ3) is 5.87. The minimum absolute atomic E-state index is 0.135. The molecule has 1 aromatic carbocycles. The first kappa shape index (κ1) is 16.4. The number of benzene rings is 1. The first-order valence-electron chi connectivity index (χ1n) is 5.31. The van der Waals surface area contributed by atoms with Crippen LogP contribution < -0.4 is 4.74 Å². The minimum Gasteiger partial charge on any atom is -0.497 e. The van der Waals surface area contributed by atoms with Gasteiger partial charge >= 0.3 is 5.97 Å². The van der Waals surface area contributed by atoms with Crippen molar-refractivity contribution in [3.63, 3.8) is 0 Å². The summed E-state index contributed by atoms with van der Waals surface area (Å²) < 4.78 is 13.3. The molecule has 0 heterocycles. The van der Waals surface area contributed by atoms with Gasteiger partial charge in [-0.2, -0.15) is 0 Å². The summed E-state index contributed by atoms with van der Waals surface area (Å²) in [5, 5.41) is 0. The van der Waals surface area contributed by atoms with Crippen molar-refractivity contribution >= 4 is 40.8 Å². The van der Waals surface area contributed by atoms with E-state index in [4.69, 9.17) is 49.0 Å². The molecule has 7 heteroatoms. The van der Waals surface area contributed by atoms with Crippen molar-refractivity contribution in [1.82, 2.24) is 0 Å². The first-order valence-corrected chi connectivity index (χ1v) is 6.45. The summed E-state index contributed by atoms with van der Waals surface area (Å²) >= 11 is 17.0. The molecule has 0 aliphatic carbocycles. The van der Waals surface area contributed by atoms with Crippen molar-refractivity contribution in [3.8, 4) is 5.75 Å². The molecule has 0 aliphatic rings. The number of hydrogen-bond donors (Lipinski definition) is 0. The average Bonchev–Trinajstić information content (AvgIpc) is 2.33. The van der Waals surface area contributed by atoms with Crippen LogP contribution in [0.5, 0.6) is 5.75 Å². The Kier molecular flexibility index (Phi) is 6.20. The highest BCUT2D eigenvalue weighted by molar-refractivity contribution is 6.68. The third-order valence-electron chi connectivity index (χ3n) is 2.10. The number of carbonyl (C=O) groups excluding carboxylic acids is 1. The maximum atomic E-state index is 10.9. The number of carbonyl (C=O) groups is 1. The number of alkyl halides is 3. The van der Waals surface area contributed by atoms with Gasteiger partial charge in [-0.15, -0.1) is 0 Å². The van der Waals surface area contributed by atoms with Crippen molar-refractivity contribution in [2.75, 3.05) is 7.11 Å². The van der Waals surface area contributed by atoms with Gasteiger partial charge in [0.2, 0.25) is 0 Å². The topological polar surface area (TPSA) is 44.8 Å². The zero-order chi connectivity index (χ0) is 14.5. The molecule has 4 nitrogen and oxygen atoms in total. The second-order valence-corrected chi connectivity index (χ2v) is 6.01. The van der Waals surface area contributed by atoms with Crippen LogP contribution in [-0.4, -0.2) is 23.2 Å². The zero-order valence-corrected chi connectivity index (χ0v) is 12.6. The molecule has 1 aromatic rings. The van der Waals surface area contributed by atoms with Gasteiger partial charge in [-0.25, -0.2) is 0 Å². The Balaban J connectivity index is 2.62. The fraction of sp³-hybridized carbons (Fsp3) is 0.417. The normalized spacial score (nSPS) is 12.9.